The summed E-state index contributed by atoms with van der Waals surface area (Å²) in [6.07, 6.45) is 1.67. The molecule has 28 heavy (non-hydrogen) atoms. The molecule has 1 amide bonds. The second-order valence-corrected chi connectivity index (χ2v) is 7.96. The predicted octanol–water partition coefficient (Wildman–Crippen LogP) is 2.71. The zero-order chi connectivity index (χ0) is 20.7. The zero-order valence-electron chi connectivity index (χ0n) is 16.2. The highest BCUT2D eigenvalue weighted by Gasteiger charge is 2.21. The number of nitrogens with zero attached hydrogens (tertiary/aromatic N) is 2. The van der Waals surface area contributed by atoms with Crippen LogP contribution in [-0.4, -0.2) is 51.5 Å². The van der Waals surface area contributed by atoms with Gasteiger partial charge in [-0.05, 0) is 42.0 Å². The third kappa shape index (κ3) is 5.19. The maximum Gasteiger partial charge on any atom is 0.264 e. The fraction of sp³-hybridized carbons (Fsp3) is 0.250. The Morgan fingerprint density at radius 3 is 2.21 bits per heavy atom. The highest BCUT2D eigenvalue weighted by atomic mass is 32.2. The number of carbonyl (C=O) groups excluding carboxylic acids is 1. The first-order valence-electron chi connectivity index (χ1n) is 8.50. The Morgan fingerprint density at radius 1 is 1.07 bits per heavy atom. The van der Waals surface area contributed by atoms with Crippen LogP contribution in [0.2, 0.25) is 0 Å². The Kier molecular flexibility index (Phi) is 7.33. The monoisotopic (exact) mass is 404 g/mol. The lowest BCUT2D eigenvalue weighted by atomic mass is 10.1. The summed E-state index contributed by atoms with van der Waals surface area (Å²) in [7, 11) is 0.513. The highest BCUT2D eigenvalue weighted by molar-refractivity contribution is 7.89. The minimum Gasteiger partial charge on any atom is -0.490 e. The maximum absolute atomic E-state index is 12.6. The summed E-state index contributed by atoms with van der Waals surface area (Å²) < 4.78 is 30.6. The molecule has 150 valence electrons. The molecule has 7 nitrogen and oxygen atoms in total. The van der Waals surface area contributed by atoms with Gasteiger partial charge in [-0.2, -0.15) is 0 Å². The molecular formula is C20H24N2O5S. The average molecular weight is 404 g/mol. The summed E-state index contributed by atoms with van der Waals surface area (Å²) >= 11 is 0. The van der Waals surface area contributed by atoms with Crippen molar-refractivity contribution in [1.29, 1.82) is 0 Å². The van der Waals surface area contributed by atoms with Gasteiger partial charge in [0.25, 0.3) is 15.9 Å². The van der Waals surface area contributed by atoms with Gasteiger partial charge in [-0.1, -0.05) is 29.3 Å². The van der Waals surface area contributed by atoms with Crippen molar-refractivity contribution >= 4 is 15.9 Å². The third-order valence-electron chi connectivity index (χ3n) is 4.05. The molecule has 2 aromatic rings. The van der Waals surface area contributed by atoms with E-state index in [-0.39, 0.29) is 10.8 Å². The van der Waals surface area contributed by atoms with E-state index in [2.05, 4.69) is 6.58 Å². The molecule has 0 aromatic heterocycles. The smallest absolute Gasteiger partial charge is 0.264 e. The van der Waals surface area contributed by atoms with Gasteiger partial charge in [0.2, 0.25) is 0 Å². The van der Waals surface area contributed by atoms with Gasteiger partial charge in [-0.3, -0.25) is 9.63 Å². The van der Waals surface area contributed by atoms with Crippen molar-refractivity contribution in [3.63, 3.8) is 0 Å². The number of ether oxygens (including phenoxy) is 1. The summed E-state index contributed by atoms with van der Waals surface area (Å²) in [5.41, 5.74) is 1.34. The largest absolute Gasteiger partial charge is 0.490 e. The lowest BCUT2D eigenvalue weighted by Crippen LogP contribution is -2.27. The minimum absolute atomic E-state index is 0.0474. The average Bonchev–Trinajstić information content (AvgIpc) is 2.72. The molecule has 0 N–H and O–H groups in total. The van der Waals surface area contributed by atoms with E-state index in [4.69, 9.17) is 9.57 Å². The number of carbonyl (C=O) groups is 1. The topological polar surface area (TPSA) is 76.2 Å². The number of hydrogen-bond acceptors (Lipinski definition) is 5. The van der Waals surface area contributed by atoms with E-state index in [1.165, 1.54) is 38.4 Å². The number of hydrogen-bond donors (Lipinski definition) is 0. The Morgan fingerprint density at radius 2 is 1.68 bits per heavy atom. The molecule has 2 rings (SSSR count). The van der Waals surface area contributed by atoms with Crippen molar-refractivity contribution in [2.45, 2.75) is 11.4 Å². The van der Waals surface area contributed by atoms with E-state index in [1.54, 1.807) is 18.0 Å². The molecular weight excluding hydrogens is 380 g/mol. The van der Waals surface area contributed by atoms with E-state index < -0.39 is 10.0 Å². The zero-order valence-corrected chi connectivity index (χ0v) is 17.0. The van der Waals surface area contributed by atoms with Gasteiger partial charge in [0.15, 0.2) is 0 Å². The fourth-order valence-corrected chi connectivity index (χ4v) is 3.40. The Bertz CT molecular complexity index is 909. The van der Waals surface area contributed by atoms with Gasteiger partial charge in [-0.15, -0.1) is 0 Å². The Labute approximate surface area is 165 Å². The fourth-order valence-electron chi connectivity index (χ4n) is 2.43. The van der Waals surface area contributed by atoms with E-state index in [9.17, 15) is 13.2 Å². The molecule has 0 aliphatic carbocycles. The van der Waals surface area contributed by atoms with Crippen molar-refractivity contribution in [3.05, 3.63) is 72.3 Å². The summed E-state index contributed by atoms with van der Waals surface area (Å²) in [5.74, 6) is 0.520. The molecule has 0 radical (unpaired) electrons. The molecule has 0 unspecified atom stereocenters. The molecule has 0 aliphatic heterocycles. The van der Waals surface area contributed by atoms with Crippen LogP contribution in [-0.2, 0) is 21.4 Å². The predicted molar refractivity (Wildman–Crippen MR) is 106 cm³/mol. The molecule has 2 aromatic carbocycles. The van der Waals surface area contributed by atoms with Crippen molar-refractivity contribution in [3.8, 4) is 5.75 Å². The van der Waals surface area contributed by atoms with Crippen molar-refractivity contribution in [2.75, 3.05) is 27.8 Å². The molecule has 0 atom stereocenters. The molecule has 0 spiro atoms. The Balaban J connectivity index is 2.06. The molecule has 0 aliphatic rings. The summed E-state index contributed by atoms with van der Waals surface area (Å²) in [5, 5.41) is 0. The van der Waals surface area contributed by atoms with Crippen molar-refractivity contribution in [2.24, 2.45) is 0 Å². The van der Waals surface area contributed by atoms with E-state index >= 15 is 0 Å². The SMILES string of the molecule is C=CCOc1ccc(CN(C)C(=O)c2ccc(S(=O)(=O)N(C)OC)cc2)cc1. The highest BCUT2D eigenvalue weighted by Crippen LogP contribution is 2.17. The molecule has 0 saturated carbocycles. The first-order chi connectivity index (χ1) is 13.3. The van der Waals surface area contributed by atoms with Crippen LogP contribution in [0.25, 0.3) is 0 Å². The molecule has 0 bridgehead atoms. The minimum atomic E-state index is -3.74. The van der Waals surface area contributed by atoms with Crippen molar-refractivity contribution < 1.29 is 22.8 Å². The number of hydroxylamine groups is 1. The van der Waals surface area contributed by atoms with Crippen LogP contribution in [0.15, 0.2) is 66.1 Å². The molecule has 0 fully saturated rings. The normalized spacial score (nSPS) is 11.3. The number of sulfonamides is 1. The van der Waals surface area contributed by atoms with Gasteiger partial charge in [0, 0.05) is 26.2 Å². The van der Waals surface area contributed by atoms with E-state index in [0.29, 0.717) is 18.7 Å². The molecule has 0 saturated heterocycles. The van der Waals surface area contributed by atoms with Gasteiger partial charge in [-0.25, -0.2) is 8.42 Å². The summed E-state index contributed by atoms with van der Waals surface area (Å²) in [6, 6.07) is 13.2. The van der Waals surface area contributed by atoms with Crippen LogP contribution in [0.3, 0.4) is 0 Å². The van der Waals surface area contributed by atoms with Crippen molar-refractivity contribution in [1.82, 2.24) is 9.37 Å². The van der Waals surface area contributed by atoms with Crippen LogP contribution in [0, 0.1) is 0 Å². The number of amides is 1. The van der Waals surface area contributed by atoms with Crippen LogP contribution in [0.1, 0.15) is 15.9 Å². The van der Waals surface area contributed by atoms with Crippen LogP contribution < -0.4 is 4.74 Å². The number of benzene rings is 2. The lowest BCUT2D eigenvalue weighted by molar-refractivity contribution is -0.0258. The van der Waals surface area contributed by atoms with Crippen LogP contribution in [0.4, 0.5) is 0 Å². The second-order valence-electron chi connectivity index (χ2n) is 6.03. The lowest BCUT2D eigenvalue weighted by Gasteiger charge is -2.18. The molecule has 8 heteroatoms. The van der Waals surface area contributed by atoms with Crippen LogP contribution >= 0.6 is 0 Å². The van der Waals surface area contributed by atoms with Gasteiger partial charge in [0.1, 0.15) is 12.4 Å². The van der Waals surface area contributed by atoms with Gasteiger partial charge in [0.05, 0.1) is 12.0 Å². The quantitative estimate of drug-likeness (QED) is 0.474. The van der Waals surface area contributed by atoms with Crippen LogP contribution in [0.5, 0.6) is 5.75 Å². The second kappa shape index (κ2) is 9.50. The first-order valence-corrected chi connectivity index (χ1v) is 9.94. The first kappa shape index (κ1) is 21.6. The van der Waals surface area contributed by atoms with Gasteiger partial charge < -0.3 is 9.64 Å². The Hall–Kier alpha value is -2.68. The summed E-state index contributed by atoms with van der Waals surface area (Å²) in [6.45, 7) is 4.45. The van der Waals surface area contributed by atoms with E-state index in [1.807, 2.05) is 24.3 Å². The van der Waals surface area contributed by atoms with E-state index in [0.717, 1.165) is 15.8 Å². The summed E-state index contributed by atoms with van der Waals surface area (Å²) in [4.78, 5) is 19.0. The molecule has 0 heterocycles. The maximum atomic E-state index is 12.6. The van der Waals surface area contributed by atoms with Gasteiger partial charge >= 0.3 is 0 Å². The standard InChI is InChI=1S/C20H24N2O5S/c1-5-14-27-18-10-6-16(7-11-18)15-21(2)20(23)17-8-12-19(13-9-17)28(24,25)22(3)26-4/h5-13H,1,14-15H2,2-4H3. The third-order valence-corrected chi connectivity index (χ3v) is 5.75. The number of rotatable bonds is 9.